The van der Waals surface area contributed by atoms with Crippen LogP contribution in [0.3, 0.4) is 0 Å². The number of nitrogens with one attached hydrogen (secondary N) is 2. The summed E-state index contributed by atoms with van der Waals surface area (Å²) in [4.78, 5) is 19.2. The number of nitrogens with zero attached hydrogens (tertiary/aromatic N) is 4. The van der Waals surface area contributed by atoms with Crippen molar-refractivity contribution in [2.24, 2.45) is 0 Å². The number of piperidine rings is 1. The van der Waals surface area contributed by atoms with Gasteiger partial charge in [0.05, 0.1) is 10.6 Å². The first kappa shape index (κ1) is 17.9. The van der Waals surface area contributed by atoms with E-state index in [2.05, 4.69) is 25.4 Å². The smallest absolute Gasteiger partial charge is 0.265 e. The molecule has 0 aliphatic carbocycles. The molecule has 10 heteroatoms. The molecule has 0 saturated carbocycles. The number of hydrogen-bond acceptors (Lipinski definition) is 6. The van der Waals surface area contributed by atoms with E-state index in [1.54, 1.807) is 24.3 Å². The topological polar surface area (TPSA) is 111 Å². The van der Waals surface area contributed by atoms with Crippen LogP contribution in [0.1, 0.15) is 19.3 Å². The molecule has 2 aliphatic heterocycles. The van der Waals surface area contributed by atoms with Crippen molar-refractivity contribution in [2.75, 3.05) is 34.2 Å². The van der Waals surface area contributed by atoms with Crippen LogP contribution in [-0.2, 0) is 14.8 Å². The van der Waals surface area contributed by atoms with Crippen molar-refractivity contribution in [3.8, 4) is 0 Å². The first-order chi connectivity index (χ1) is 14.0. The van der Waals surface area contributed by atoms with Crippen LogP contribution in [0.5, 0.6) is 0 Å². The van der Waals surface area contributed by atoms with Crippen LogP contribution in [0.2, 0.25) is 0 Å². The lowest BCUT2D eigenvalue weighted by atomic mass is 10.1. The SMILES string of the molecule is O=C(CN1c2cccc3cccc(c23)S1(=O)=O)Nc1nc(N2CCCCC2)n[nH]1. The summed E-state index contributed by atoms with van der Waals surface area (Å²) in [7, 11) is -3.78. The number of H-pyrrole nitrogens is 1. The van der Waals surface area contributed by atoms with Gasteiger partial charge < -0.3 is 4.90 Å². The van der Waals surface area contributed by atoms with Crippen LogP contribution in [-0.4, -0.2) is 49.1 Å². The second kappa shape index (κ2) is 6.73. The Morgan fingerprint density at radius 2 is 1.86 bits per heavy atom. The third-order valence-electron chi connectivity index (χ3n) is 5.34. The fraction of sp³-hybridized carbons (Fsp3) is 0.316. The molecular formula is C19H20N6O3S. The van der Waals surface area contributed by atoms with Crippen LogP contribution < -0.4 is 14.5 Å². The number of sulfonamides is 1. The number of carbonyl (C=O) groups is 1. The molecule has 2 N–H and O–H groups in total. The van der Waals surface area contributed by atoms with Gasteiger partial charge in [-0.2, -0.15) is 4.98 Å². The number of benzene rings is 2. The number of aromatic nitrogens is 3. The molecule has 9 nitrogen and oxygen atoms in total. The highest BCUT2D eigenvalue weighted by Gasteiger charge is 2.36. The molecule has 0 unspecified atom stereocenters. The third-order valence-corrected chi connectivity index (χ3v) is 7.14. The standard InChI is InChI=1S/C19H20N6O3S/c26-16(20-18-21-19(23-22-18)24-10-2-1-3-11-24)12-25-14-8-4-6-13-7-5-9-15(17(13)14)29(25,27)28/h4-9H,1-3,10-12H2,(H2,20,21,22,23,26). The van der Waals surface area contributed by atoms with Gasteiger partial charge in [-0.1, -0.05) is 24.3 Å². The maximum absolute atomic E-state index is 13.0. The van der Waals surface area contributed by atoms with Gasteiger partial charge in [-0.15, -0.1) is 5.10 Å². The Bertz CT molecular complexity index is 1190. The van der Waals surface area contributed by atoms with Gasteiger partial charge in [0.25, 0.3) is 10.0 Å². The van der Waals surface area contributed by atoms with E-state index in [1.165, 1.54) is 6.42 Å². The van der Waals surface area contributed by atoms with E-state index in [9.17, 15) is 13.2 Å². The molecule has 1 saturated heterocycles. The van der Waals surface area contributed by atoms with Gasteiger partial charge >= 0.3 is 0 Å². The predicted molar refractivity (Wildman–Crippen MR) is 110 cm³/mol. The van der Waals surface area contributed by atoms with Crippen molar-refractivity contribution >= 4 is 44.3 Å². The second-order valence-corrected chi connectivity index (χ2v) is 9.05. The van der Waals surface area contributed by atoms with Crippen LogP contribution in [0.25, 0.3) is 10.8 Å². The number of aromatic amines is 1. The lowest BCUT2D eigenvalue weighted by molar-refractivity contribution is -0.114. The molecule has 0 spiro atoms. The van der Waals surface area contributed by atoms with Gasteiger partial charge in [0, 0.05) is 18.5 Å². The highest BCUT2D eigenvalue weighted by atomic mass is 32.2. The summed E-state index contributed by atoms with van der Waals surface area (Å²) in [6.45, 7) is 1.44. The van der Waals surface area contributed by atoms with Crippen molar-refractivity contribution in [1.29, 1.82) is 0 Å². The van der Waals surface area contributed by atoms with Gasteiger partial charge in [0.2, 0.25) is 17.8 Å². The fourth-order valence-corrected chi connectivity index (χ4v) is 5.64. The zero-order chi connectivity index (χ0) is 20.0. The molecule has 0 atom stereocenters. The van der Waals surface area contributed by atoms with E-state index in [1.807, 2.05) is 12.1 Å². The van der Waals surface area contributed by atoms with Crippen molar-refractivity contribution in [1.82, 2.24) is 15.2 Å². The largest absolute Gasteiger partial charge is 0.340 e. The van der Waals surface area contributed by atoms with Crippen LogP contribution in [0.4, 0.5) is 17.6 Å². The minimum atomic E-state index is -3.78. The lowest BCUT2D eigenvalue weighted by Crippen LogP contribution is -2.35. The summed E-state index contributed by atoms with van der Waals surface area (Å²) in [5.74, 6) is 0.272. The second-order valence-electron chi connectivity index (χ2n) is 7.22. The highest BCUT2D eigenvalue weighted by molar-refractivity contribution is 7.93. The Morgan fingerprint density at radius 3 is 2.66 bits per heavy atom. The normalized spacial score (nSPS) is 17.7. The molecule has 2 aliphatic rings. The molecule has 1 fully saturated rings. The quantitative estimate of drug-likeness (QED) is 0.679. The van der Waals surface area contributed by atoms with Crippen LogP contribution in [0, 0.1) is 0 Å². The maximum Gasteiger partial charge on any atom is 0.265 e. The third kappa shape index (κ3) is 3.00. The maximum atomic E-state index is 13.0. The fourth-order valence-electron chi connectivity index (χ4n) is 3.97. The minimum absolute atomic E-state index is 0.211. The molecule has 1 amide bonds. The Labute approximate surface area is 167 Å². The molecular weight excluding hydrogens is 392 g/mol. The van der Waals surface area contributed by atoms with E-state index in [4.69, 9.17) is 0 Å². The highest BCUT2D eigenvalue weighted by Crippen LogP contribution is 2.41. The Balaban J connectivity index is 1.35. The molecule has 5 rings (SSSR count). The van der Waals surface area contributed by atoms with E-state index in [0.29, 0.717) is 17.0 Å². The number of carbonyl (C=O) groups excluding carboxylic acids is 1. The molecule has 1 aromatic heterocycles. The zero-order valence-electron chi connectivity index (χ0n) is 15.6. The van der Waals surface area contributed by atoms with Gasteiger partial charge in [-0.25, -0.2) is 13.5 Å². The number of rotatable bonds is 4. The molecule has 3 aromatic rings. The molecule has 29 heavy (non-hydrogen) atoms. The van der Waals surface area contributed by atoms with E-state index >= 15 is 0 Å². The van der Waals surface area contributed by atoms with Crippen LogP contribution in [0.15, 0.2) is 41.3 Å². The first-order valence-corrected chi connectivity index (χ1v) is 11.0. The van der Waals surface area contributed by atoms with Crippen molar-refractivity contribution in [3.63, 3.8) is 0 Å². The summed E-state index contributed by atoms with van der Waals surface area (Å²) < 4.78 is 27.1. The van der Waals surface area contributed by atoms with Crippen molar-refractivity contribution in [3.05, 3.63) is 36.4 Å². The van der Waals surface area contributed by atoms with Gasteiger partial charge in [-0.05, 0) is 36.8 Å². The van der Waals surface area contributed by atoms with E-state index < -0.39 is 15.9 Å². The Hall–Kier alpha value is -3.14. The van der Waals surface area contributed by atoms with Crippen molar-refractivity contribution < 1.29 is 13.2 Å². The summed E-state index contributed by atoms with van der Waals surface area (Å²) in [6, 6.07) is 10.5. The predicted octanol–water partition coefficient (Wildman–Crippen LogP) is 2.10. The Morgan fingerprint density at radius 1 is 1.10 bits per heavy atom. The molecule has 0 radical (unpaired) electrons. The van der Waals surface area contributed by atoms with Crippen LogP contribution >= 0.6 is 0 Å². The average molecular weight is 412 g/mol. The molecule has 0 bridgehead atoms. The van der Waals surface area contributed by atoms with Crippen molar-refractivity contribution in [2.45, 2.75) is 24.2 Å². The number of amides is 1. The number of hydrogen-bond donors (Lipinski definition) is 2. The van der Waals surface area contributed by atoms with Gasteiger partial charge in [-0.3, -0.25) is 14.4 Å². The molecule has 2 aromatic carbocycles. The lowest BCUT2D eigenvalue weighted by Gasteiger charge is -2.24. The minimum Gasteiger partial charge on any atom is -0.340 e. The van der Waals surface area contributed by atoms with Gasteiger partial charge in [0.15, 0.2) is 0 Å². The zero-order valence-corrected chi connectivity index (χ0v) is 16.4. The summed E-state index contributed by atoms with van der Waals surface area (Å²) in [5.41, 5.74) is 0.514. The van der Waals surface area contributed by atoms with E-state index in [0.717, 1.165) is 35.6 Å². The average Bonchev–Trinajstić information content (AvgIpc) is 3.27. The monoisotopic (exact) mass is 412 g/mol. The summed E-state index contributed by atoms with van der Waals surface area (Å²) in [5, 5.41) is 11.0. The summed E-state index contributed by atoms with van der Waals surface area (Å²) in [6.07, 6.45) is 3.38. The molecule has 3 heterocycles. The number of anilines is 3. The summed E-state index contributed by atoms with van der Waals surface area (Å²) >= 11 is 0. The van der Waals surface area contributed by atoms with Gasteiger partial charge in [0.1, 0.15) is 6.54 Å². The first-order valence-electron chi connectivity index (χ1n) is 9.56. The Kier molecular flexibility index (Phi) is 4.16. The molecule has 150 valence electrons. The van der Waals surface area contributed by atoms with E-state index in [-0.39, 0.29) is 17.4 Å².